The second-order valence-corrected chi connectivity index (χ2v) is 7.47. The molecule has 1 aliphatic rings. The van der Waals surface area contributed by atoms with Gasteiger partial charge in [-0.3, -0.25) is 14.6 Å². The highest BCUT2D eigenvalue weighted by Crippen LogP contribution is 2.37. The highest BCUT2D eigenvalue weighted by atomic mass is 16.5. The van der Waals surface area contributed by atoms with Crippen molar-refractivity contribution in [1.29, 1.82) is 0 Å². The minimum atomic E-state index is -0.887. The van der Waals surface area contributed by atoms with Gasteiger partial charge in [-0.25, -0.2) is 9.97 Å². The lowest BCUT2D eigenvalue weighted by molar-refractivity contribution is -0.120. The normalized spacial score (nSPS) is 15.4. The van der Waals surface area contributed by atoms with Crippen molar-refractivity contribution in [3.63, 3.8) is 0 Å². The van der Waals surface area contributed by atoms with Crippen molar-refractivity contribution in [3.8, 4) is 5.75 Å². The molecule has 0 radical (unpaired) electrons. The summed E-state index contributed by atoms with van der Waals surface area (Å²) < 4.78 is 5.90. The van der Waals surface area contributed by atoms with E-state index < -0.39 is 11.9 Å². The molecule has 33 heavy (non-hydrogen) atoms. The number of carbonyl (C=O) groups excluding carboxylic acids is 2. The summed E-state index contributed by atoms with van der Waals surface area (Å²) in [5, 5.41) is 6.59. The molecular weight excluding hydrogens is 420 g/mol. The van der Waals surface area contributed by atoms with Crippen LogP contribution in [0.1, 0.15) is 10.5 Å². The first-order valence-electron chi connectivity index (χ1n) is 10.3. The molecule has 164 valence electrons. The molecular formula is C24H20N6O3. The molecule has 1 unspecified atom stereocenters. The van der Waals surface area contributed by atoms with E-state index >= 15 is 0 Å². The highest BCUT2D eigenvalue weighted by molar-refractivity contribution is 6.08. The molecule has 9 heteroatoms. The van der Waals surface area contributed by atoms with E-state index in [1.807, 2.05) is 42.5 Å². The summed E-state index contributed by atoms with van der Waals surface area (Å²) in [6, 6.07) is 17.3. The minimum Gasteiger partial charge on any atom is -0.489 e. The molecule has 9 nitrogen and oxygen atoms in total. The molecule has 0 aliphatic carbocycles. The lowest BCUT2D eigenvalue weighted by Crippen LogP contribution is -2.49. The Hall–Kier alpha value is -4.53. The van der Waals surface area contributed by atoms with Crippen molar-refractivity contribution < 1.29 is 14.3 Å². The van der Waals surface area contributed by atoms with Crippen LogP contribution in [0.5, 0.6) is 5.75 Å². The third kappa shape index (κ3) is 4.03. The van der Waals surface area contributed by atoms with Gasteiger partial charge in [-0.1, -0.05) is 18.2 Å². The number of anilines is 3. The van der Waals surface area contributed by atoms with Gasteiger partial charge in [0.1, 0.15) is 24.1 Å². The maximum atomic E-state index is 13.2. The monoisotopic (exact) mass is 440 g/mol. The average Bonchev–Trinajstić information content (AvgIpc) is 2.97. The van der Waals surface area contributed by atoms with E-state index in [0.717, 1.165) is 16.6 Å². The Morgan fingerprint density at radius 2 is 1.88 bits per heavy atom. The Bertz CT molecular complexity index is 1340. The standard InChI is InChI=1S/C24H20N6O3/c1-30-21-16-8-5-12-25-17(16)9-10-20(21)33-14-19(23(30)32)28-22(31)18-11-13-26-24(29-18)27-15-6-3-2-4-7-15/h2-13,19H,14H2,1H3,(H,28,31)(H,26,27,29). The number of nitrogens with zero attached hydrogens (tertiary/aromatic N) is 4. The number of pyridine rings is 1. The van der Waals surface area contributed by atoms with E-state index in [1.54, 1.807) is 25.4 Å². The van der Waals surface area contributed by atoms with Gasteiger partial charge in [0.05, 0.1) is 11.2 Å². The fraction of sp³-hybridized carbons (Fsp3) is 0.125. The number of rotatable bonds is 4. The Kier molecular flexibility index (Phi) is 5.27. The van der Waals surface area contributed by atoms with Gasteiger partial charge in [0.15, 0.2) is 0 Å². The molecule has 0 spiro atoms. The van der Waals surface area contributed by atoms with Gasteiger partial charge in [-0.05, 0) is 42.5 Å². The maximum absolute atomic E-state index is 13.2. The van der Waals surface area contributed by atoms with Crippen LogP contribution in [0.4, 0.5) is 17.3 Å². The van der Waals surface area contributed by atoms with Gasteiger partial charge in [0.25, 0.3) is 11.8 Å². The average molecular weight is 440 g/mol. The smallest absolute Gasteiger partial charge is 0.270 e. The number of amides is 2. The molecule has 1 atom stereocenters. The molecule has 2 amide bonds. The second-order valence-electron chi connectivity index (χ2n) is 7.47. The fourth-order valence-electron chi connectivity index (χ4n) is 3.70. The molecule has 2 N–H and O–H groups in total. The fourth-order valence-corrected chi connectivity index (χ4v) is 3.70. The zero-order valence-corrected chi connectivity index (χ0v) is 17.7. The lowest BCUT2D eigenvalue weighted by atomic mass is 10.1. The number of carbonyl (C=O) groups is 2. The number of hydrogen-bond acceptors (Lipinski definition) is 7. The van der Waals surface area contributed by atoms with Crippen LogP contribution in [-0.4, -0.2) is 46.5 Å². The SMILES string of the molecule is CN1C(=O)C(NC(=O)c2ccnc(Nc3ccccc3)n2)COc2ccc3ncccc3c21. The Morgan fingerprint density at radius 1 is 1.03 bits per heavy atom. The lowest BCUT2D eigenvalue weighted by Gasteiger charge is -2.21. The number of benzene rings is 2. The number of fused-ring (bicyclic) bond motifs is 3. The van der Waals surface area contributed by atoms with Gasteiger partial charge >= 0.3 is 0 Å². The summed E-state index contributed by atoms with van der Waals surface area (Å²) in [5.74, 6) is 0.0387. The third-order valence-electron chi connectivity index (χ3n) is 5.31. The highest BCUT2D eigenvalue weighted by Gasteiger charge is 2.32. The van der Waals surface area contributed by atoms with Crippen LogP contribution in [0.15, 0.2) is 73.1 Å². The molecule has 4 aromatic rings. The van der Waals surface area contributed by atoms with Crippen LogP contribution < -0.4 is 20.3 Å². The largest absolute Gasteiger partial charge is 0.489 e. The molecule has 2 aromatic heterocycles. The topological polar surface area (TPSA) is 109 Å². The third-order valence-corrected chi connectivity index (χ3v) is 5.31. The summed E-state index contributed by atoms with van der Waals surface area (Å²) in [7, 11) is 1.66. The van der Waals surface area contributed by atoms with Crippen LogP contribution in [0.25, 0.3) is 10.9 Å². The predicted octanol–water partition coefficient (Wildman–Crippen LogP) is 2.92. The van der Waals surface area contributed by atoms with Crippen molar-refractivity contribution in [2.45, 2.75) is 6.04 Å². The van der Waals surface area contributed by atoms with Gasteiger partial charge < -0.3 is 20.3 Å². The second kappa shape index (κ2) is 8.54. The van der Waals surface area contributed by atoms with Crippen molar-refractivity contribution in [1.82, 2.24) is 20.3 Å². The Labute approximate surface area is 189 Å². The van der Waals surface area contributed by atoms with Crippen LogP contribution in [0, 0.1) is 0 Å². The summed E-state index contributed by atoms with van der Waals surface area (Å²) in [5.41, 5.74) is 2.30. The van der Waals surface area contributed by atoms with E-state index in [0.29, 0.717) is 11.4 Å². The van der Waals surface area contributed by atoms with Crippen LogP contribution in [0.2, 0.25) is 0 Å². The number of nitrogens with one attached hydrogen (secondary N) is 2. The Balaban J connectivity index is 1.36. The molecule has 2 aromatic carbocycles. The molecule has 5 rings (SSSR count). The van der Waals surface area contributed by atoms with E-state index in [1.165, 1.54) is 17.2 Å². The van der Waals surface area contributed by atoms with E-state index in [4.69, 9.17) is 4.74 Å². The molecule has 0 saturated carbocycles. The van der Waals surface area contributed by atoms with Gasteiger partial charge in [-0.15, -0.1) is 0 Å². The van der Waals surface area contributed by atoms with E-state index in [2.05, 4.69) is 25.6 Å². The quantitative estimate of drug-likeness (QED) is 0.502. The van der Waals surface area contributed by atoms with Crippen molar-refractivity contribution in [2.75, 3.05) is 23.9 Å². The van der Waals surface area contributed by atoms with Crippen molar-refractivity contribution >= 4 is 40.0 Å². The number of ether oxygens (including phenoxy) is 1. The van der Waals surface area contributed by atoms with Crippen molar-refractivity contribution in [2.24, 2.45) is 0 Å². The number of hydrogen-bond donors (Lipinski definition) is 2. The first kappa shape index (κ1) is 20.4. The summed E-state index contributed by atoms with van der Waals surface area (Å²) in [6.45, 7) is -0.00606. The summed E-state index contributed by atoms with van der Waals surface area (Å²) in [4.78, 5) is 40.4. The number of aromatic nitrogens is 3. The molecule has 0 bridgehead atoms. The summed E-state index contributed by atoms with van der Waals surface area (Å²) in [6.07, 6.45) is 3.18. The summed E-state index contributed by atoms with van der Waals surface area (Å²) >= 11 is 0. The van der Waals surface area contributed by atoms with Gasteiger partial charge in [0, 0.05) is 30.5 Å². The maximum Gasteiger partial charge on any atom is 0.270 e. The number of para-hydroxylation sites is 1. The number of likely N-dealkylation sites (N-methyl/N-ethyl adjacent to an activating group) is 1. The molecule has 3 heterocycles. The van der Waals surface area contributed by atoms with Crippen molar-refractivity contribution in [3.05, 3.63) is 78.8 Å². The zero-order chi connectivity index (χ0) is 22.8. The first-order chi connectivity index (χ1) is 16.1. The van der Waals surface area contributed by atoms with Crippen LogP contribution in [0.3, 0.4) is 0 Å². The minimum absolute atomic E-state index is 0.00606. The molecule has 0 saturated heterocycles. The van der Waals surface area contributed by atoms with Crippen LogP contribution >= 0.6 is 0 Å². The van der Waals surface area contributed by atoms with Crippen LogP contribution in [-0.2, 0) is 4.79 Å². The molecule has 1 aliphatic heterocycles. The van der Waals surface area contributed by atoms with Gasteiger partial charge in [-0.2, -0.15) is 0 Å². The predicted molar refractivity (Wildman–Crippen MR) is 124 cm³/mol. The van der Waals surface area contributed by atoms with E-state index in [9.17, 15) is 9.59 Å². The Morgan fingerprint density at radius 3 is 2.73 bits per heavy atom. The van der Waals surface area contributed by atoms with E-state index in [-0.39, 0.29) is 24.2 Å². The zero-order valence-electron chi connectivity index (χ0n) is 17.7. The first-order valence-corrected chi connectivity index (χ1v) is 10.3. The molecule has 0 fully saturated rings. The van der Waals surface area contributed by atoms with Gasteiger partial charge in [0.2, 0.25) is 5.95 Å².